The molecule has 0 aliphatic heterocycles. The molecule has 0 amide bonds. The van der Waals surface area contributed by atoms with Crippen molar-refractivity contribution in [2.24, 2.45) is 0 Å². The van der Waals surface area contributed by atoms with E-state index >= 15 is 0 Å². The predicted molar refractivity (Wildman–Crippen MR) is 173 cm³/mol. The molecule has 0 N–H and O–H groups in total. The highest BCUT2D eigenvalue weighted by Crippen LogP contribution is 2.46. The van der Waals surface area contributed by atoms with Crippen LogP contribution in [0.2, 0.25) is 39.3 Å². The molecule has 0 nitrogen and oxygen atoms in total. The number of rotatable bonds is 6. The number of hydrogen-bond donors (Lipinski definition) is 0. The van der Waals surface area contributed by atoms with Crippen molar-refractivity contribution in [3.63, 3.8) is 0 Å². The van der Waals surface area contributed by atoms with Crippen LogP contribution < -0.4 is 9.00 Å². The average molecular weight is 585 g/mol. The van der Waals surface area contributed by atoms with Gasteiger partial charge >= 0.3 is 0 Å². The van der Waals surface area contributed by atoms with Gasteiger partial charge < -0.3 is 0 Å². The molecule has 35 heavy (non-hydrogen) atoms. The van der Waals surface area contributed by atoms with Gasteiger partial charge in [0.1, 0.15) is 0 Å². The van der Waals surface area contributed by atoms with Gasteiger partial charge in [-0.3, -0.25) is 0 Å². The van der Waals surface area contributed by atoms with E-state index in [1.807, 2.05) is 56.7 Å². The summed E-state index contributed by atoms with van der Waals surface area (Å²) in [6, 6.07) is 18.8. The summed E-state index contributed by atoms with van der Waals surface area (Å²) in [7, 11) is -2.52. The zero-order chi connectivity index (χ0) is 25.1. The van der Waals surface area contributed by atoms with Crippen LogP contribution in [0.3, 0.4) is 0 Å². The fourth-order valence-corrected chi connectivity index (χ4v) is 13.7. The fourth-order valence-electron chi connectivity index (χ4n) is 4.03. The van der Waals surface area contributed by atoms with E-state index in [1.165, 1.54) is 50.1 Å². The minimum Gasteiger partial charge on any atom is -0.144 e. The molecular formula is C28H32S5Si2. The molecule has 0 aromatic carbocycles. The zero-order valence-electron chi connectivity index (χ0n) is 21.7. The third-order valence-corrected chi connectivity index (χ3v) is 19.8. The first-order valence-corrected chi connectivity index (χ1v) is 23.0. The van der Waals surface area contributed by atoms with Gasteiger partial charge in [-0.2, -0.15) is 0 Å². The van der Waals surface area contributed by atoms with Gasteiger partial charge in [0.2, 0.25) is 0 Å². The highest BCUT2D eigenvalue weighted by atomic mass is 32.1. The first-order chi connectivity index (χ1) is 16.4. The van der Waals surface area contributed by atoms with E-state index < -0.39 is 16.1 Å². The molecule has 182 valence electrons. The summed E-state index contributed by atoms with van der Waals surface area (Å²) in [5.74, 6) is 0. The summed E-state index contributed by atoms with van der Waals surface area (Å²) in [6.07, 6.45) is 0. The van der Waals surface area contributed by atoms with Crippen LogP contribution in [-0.2, 0) is 0 Å². The molecule has 0 saturated heterocycles. The van der Waals surface area contributed by atoms with E-state index in [0.29, 0.717) is 0 Å². The van der Waals surface area contributed by atoms with Crippen molar-refractivity contribution < 1.29 is 0 Å². The molecular weight excluding hydrogens is 553 g/mol. The van der Waals surface area contributed by atoms with E-state index in [4.69, 9.17) is 0 Å². The molecule has 0 bridgehead atoms. The molecule has 0 unspecified atom stereocenters. The Labute approximate surface area is 232 Å². The van der Waals surface area contributed by atoms with Gasteiger partial charge in [0.15, 0.2) is 0 Å². The Morgan fingerprint density at radius 2 is 0.800 bits per heavy atom. The maximum absolute atomic E-state index is 2.43. The Morgan fingerprint density at radius 3 is 1.14 bits per heavy atom. The van der Waals surface area contributed by atoms with Crippen molar-refractivity contribution in [2.75, 3.05) is 0 Å². The van der Waals surface area contributed by atoms with Crippen LogP contribution in [-0.4, -0.2) is 16.1 Å². The Kier molecular flexibility index (Phi) is 6.83. The summed E-state index contributed by atoms with van der Waals surface area (Å²) < 4.78 is 3.18. The summed E-state index contributed by atoms with van der Waals surface area (Å²) in [5.41, 5.74) is 2.79. The first-order valence-electron chi connectivity index (χ1n) is 11.9. The number of aryl methyl sites for hydroxylation is 2. The molecule has 0 aliphatic rings. The van der Waals surface area contributed by atoms with Gasteiger partial charge in [0.05, 0.1) is 16.1 Å². The second kappa shape index (κ2) is 9.35. The predicted octanol–water partition coefficient (Wildman–Crippen LogP) is 10.4. The molecule has 5 heterocycles. The molecule has 0 radical (unpaired) electrons. The molecule has 0 spiro atoms. The third kappa shape index (κ3) is 5.19. The lowest BCUT2D eigenvalue weighted by Crippen LogP contribution is -2.34. The normalized spacial score (nSPS) is 12.6. The molecule has 5 aromatic rings. The van der Waals surface area contributed by atoms with Crippen molar-refractivity contribution in [3.05, 3.63) is 59.7 Å². The topological polar surface area (TPSA) is 0 Å². The van der Waals surface area contributed by atoms with Crippen LogP contribution >= 0.6 is 56.7 Å². The van der Waals surface area contributed by atoms with Crippen LogP contribution in [0.25, 0.3) is 39.0 Å². The molecule has 0 aliphatic carbocycles. The van der Waals surface area contributed by atoms with E-state index in [9.17, 15) is 0 Å². The smallest absolute Gasteiger partial charge is 0.0904 e. The Morgan fingerprint density at radius 1 is 0.429 bits per heavy atom. The summed E-state index contributed by atoms with van der Waals surface area (Å²) >= 11 is 9.85. The molecule has 0 saturated carbocycles. The molecule has 0 fully saturated rings. The number of hydrogen-bond acceptors (Lipinski definition) is 5. The van der Waals surface area contributed by atoms with Crippen LogP contribution in [0.5, 0.6) is 0 Å². The lowest BCUT2D eigenvalue weighted by atomic mass is 10.2. The van der Waals surface area contributed by atoms with Crippen LogP contribution in [0, 0.1) is 13.8 Å². The Balaban J connectivity index is 1.43. The van der Waals surface area contributed by atoms with Gasteiger partial charge in [0.25, 0.3) is 0 Å². The van der Waals surface area contributed by atoms with E-state index in [0.717, 1.165) is 0 Å². The van der Waals surface area contributed by atoms with Crippen LogP contribution in [0.1, 0.15) is 11.1 Å². The molecule has 0 atom stereocenters. The van der Waals surface area contributed by atoms with Gasteiger partial charge in [0, 0.05) is 39.0 Å². The third-order valence-electron chi connectivity index (χ3n) is 6.07. The standard InChI is InChI=1S/C28H32S5Si2/c1-17-15-23(32-27(17)21-11-13-25(30-21)34(3,4)5)19-9-10-20(29-19)24-16-18(2)28(33-24)22-12-14-26(31-22)35(6,7)8/h9-16H,1-8H3. The minimum absolute atomic E-state index is 1.26. The van der Waals surface area contributed by atoms with Crippen molar-refractivity contribution in [1.82, 2.24) is 0 Å². The van der Waals surface area contributed by atoms with Crippen molar-refractivity contribution >= 4 is 81.8 Å². The minimum atomic E-state index is -1.26. The second-order valence-electron chi connectivity index (χ2n) is 11.2. The monoisotopic (exact) mass is 584 g/mol. The van der Waals surface area contributed by atoms with E-state index in [-0.39, 0.29) is 0 Å². The maximum Gasteiger partial charge on any atom is 0.0904 e. The largest absolute Gasteiger partial charge is 0.144 e. The van der Waals surface area contributed by atoms with E-state index in [1.54, 1.807) is 9.00 Å². The average Bonchev–Trinajstić information content (AvgIpc) is 3.54. The first kappa shape index (κ1) is 25.6. The Bertz CT molecular complexity index is 1380. The Hall–Kier alpha value is -1.07. The number of thiophene rings is 5. The molecule has 7 heteroatoms. The van der Waals surface area contributed by atoms with Gasteiger partial charge in [-0.1, -0.05) is 51.4 Å². The highest BCUT2D eigenvalue weighted by Gasteiger charge is 2.22. The van der Waals surface area contributed by atoms with Crippen LogP contribution in [0.4, 0.5) is 0 Å². The molecule has 5 rings (SSSR count). The summed E-state index contributed by atoms with van der Waals surface area (Å²) in [6.45, 7) is 19.1. The summed E-state index contributed by atoms with van der Waals surface area (Å²) in [4.78, 5) is 11.3. The summed E-state index contributed by atoms with van der Waals surface area (Å²) in [5, 5.41) is 0. The van der Waals surface area contributed by atoms with Gasteiger partial charge in [-0.15, -0.1) is 56.7 Å². The lowest BCUT2D eigenvalue weighted by Gasteiger charge is -2.12. The van der Waals surface area contributed by atoms with E-state index in [2.05, 4.69) is 102 Å². The van der Waals surface area contributed by atoms with Gasteiger partial charge in [-0.05, 0) is 70.4 Å². The maximum atomic E-state index is 2.43. The zero-order valence-corrected chi connectivity index (χ0v) is 27.7. The SMILES string of the molecule is Cc1cc(-c2ccc(-c3cc(C)c(-c4ccc([Si](C)(C)C)s4)s3)s2)sc1-c1ccc([Si](C)(C)C)s1. The van der Waals surface area contributed by atoms with Crippen molar-refractivity contribution in [3.8, 4) is 39.0 Å². The highest BCUT2D eigenvalue weighted by molar-refractivity contribution is 7.33. The second-order valence-corrected chi connectivity index (χ2v) is 27.4. The van der Waals surface area contributed by atoms with Crippen molar-refractivity contribution in [2.45, 2.75) is 53.1 Å². The van der Waals surface area contributed by atoms with Crippen LogP contribution in [0.15, 0.2) is 48.5 Å². The lowest BCUT2D eigenvalue weighted by molar-refractivity contribution is 1.56. The molecule has 5 aromatic heterocycles. The fraction of sp³-hybridized carbons (Fsp3) is 0.286. The van der Waals surface area contributed by atoms with Crippen molar-refractivity contribution in [1.29, 1.82) is 0 Å². The quantitative estimate of drug-likeness (QED) is 0.174. The van der Waals surface area contributed by atoms with Gasteiger partial charge in [-0.25, -0.2) is 0 Å².